The highest BCUT2D eigenvalue weighted by atomic mass is 16.2. The first-order valence-corrected chi connectivity index (χ1v) is 18.3. The first-order valence-electron chi connectivity index (χ1n) is 18.3. The third-order valence-corrected chi connectivity index (χ3v) is 8.63. The zero-order chi connectivity index (χ0) is 31.4. The SMILES string of the molecule is CCCCCCCCCCNC(=O)C[N+](C)(C)CCCCCCCC[N+](C)(C)CC(=O)NCCCCCCCCCC. The van der Waals surface area contributed by atoms with Gasteiger partial charge in [0, 0.05) is 13.1 Å². The van der Waals surface area contributed by atoms with Crippen molar-refractivity contribution in [2.45, 2.75) is 155 Å². The molecule has 6 heteroatoms. The van der Waals surface area contributed by atoms with Crippen molar-refractivity contribution >= 4 is 11.8 Å². The zero-order valence-electron chi connectivity index (χ0n) is 29.5. The molecule has 6 nitrogen and oxygen atoms in total. The molecule has 0 aliphatic rings. The summed E-state index contributed by atoms with van der Waals surface area (Å²) < 4.78 is 1.55. The van der Waals surface area contributed by atoms with Gasteiger partial charge in [-0.25, -0.2) is 0 Å². The van der Waals surface area contributed by atoms with Crippen LogP contribution in [0.2, 0.25) is 0 Å². The molecule has 0 unspecified atom stereocenters. The number of amides is 2. The molecule has 0 rings (SSSR count). The van der Waals surface area contributed by atoms with Crippen LogP contribution in [0.5, 0.6) is 0 Å². The molecule has 2 N–H and O–H groups in total. The fourth-order valence-corrected chi connectivity index (χ4v) is 5.81. The van der Waals surface area contributed by atoms with E-state index in [1.54, 1.807) is 0 Å². The van der Waals surface area contributed by atoms with Crippen molar-refractivity contribution in [3.63, 3.8) is 0 Å². The quantitative estimate of drug-likeness (QED) is 0.0629. The smallest absolute Gasteiger partial charge is 0.275 e. The molecule has 0 aliphatic heterocycles. The van der Waals surface area contributed by atoms with Crippen LogP contribution >= 0.6 is 0 Å². The Kier molecular flexibility index (Phi) is 26.7. The van der Waals surface area contributed by atoms with E-state index in [0.29, 0.717) is 13.1 Å². The molecule has 0 heterocycles. The minimum absolute atomic E-state index is 0.200. The molecule has 0 aliphatic carbocycles. The molecule has 0 aromatic carbocycles. The Morgan fingerprint density at radius 3 is 0.976 bits per heavy atom. The van der Waals surface area contributed by atoms with Crippen molar-refractivity contribution in [3.05, 3.63) is 0 Å². The van der Waals surface area contributed by atoms with Gasteiger partial charge in [-0.1, -0.05) is 117 Å². The van der Waals surface area contributed by atoms with E-state index in [4.69, 9.17) is 0 Å². The van der Waals surface area contributed by atoms with Gasteiger partial charge >= 0.3 is 0 Å². The van der Waals surface area contributed by atoms with Crippen molar-refractivity contribution in [2.75, 3.05) is 67.5 Å². The van der Waals surface area contributed by atoms with Crippen molar-refractivity contribution < 1.29 is 18.6 Å². The summed E-state index contributed by atoms with van der Waals surface area (Å²) in [6.07, 6.45) is 28.1. The largest absolute Gasteiger partial charge is 0.351 e. The molecule has 0 aromatic heterocycles. The second-order valence-electron chi connectivity index (χ2n) is 14.4. The van der Waals surface area contributed by atoms with Gasteiger partial charge in [-0.3, -0.25) is 9.59 Å². The van der Waals surface area contributed by atoms with Gasteiger partial charge < -0.3 is 19.6 Å². The maximum absolute atomic E-state index is 12.4. The zero-order valence-corrected chi connectivity index (χ0v) is 29.5. The summed E-state index contributed by atoms with van der Waals surface area (Å²) in [7, 11) is 8.73. The number of carbonyl (C=O) groups is 2. The van der Waals surface area contributed by atoms with Gasteiger partial charge in [0.2, 0.25) is 0 Å². The molecule has 0 bridgehead atoms. The molecular formula is C36H76N4O2+2. The molecule has 2 amide bonds. The average Bonchev–Trinajstić information content (AvgIpc) is 2.92. The summed E-state index contributed by atoms with van der Waals surface area (Å²) in [6, 6.07) is 0. The van der Waals surface area contributed by atoms with E-state index in [1.165, 1.54) is 128 Å². The van der Waals surface area contributed by atoms with E-state index in [0.717, 1.165) is 48.0 Å². The van der Waals surface area contributed by atoms with Crippen LogP contribution in [0, 0.1) is 0 Å². The number of hydrogen-bond donors (Lipinski definition) is 2. The summed E-state index contributed by atoms with van der Waals surface area (Å²) in [5, 5.41) is 6.28. The van der Waals surface area contributed by atoms with Gasteiger partial charge in [-0.15, -0.1) is 0 Å². The lowest BCUT2D eigenvalue weighted by atomic mass is 10.1. The summed E-state index contributed by atoms with van der Waals surface area (Å²) >= 11 is 0. The van der Waals surface area contributed by atoms with Crippen LogP contribution in [-0.2, 0) is 9.59 Å². The normalized spacial score (nSPS) is 12.0. The fraction of sp³-hybridized carbons (Fsp3) is 0.944. The predicted molar refractivity (Wildman–Crippen MR) is 183 cm³/mol. The molecule has 42 heavy (non-hydrogen) atoms. The van der Waals surface area contributed by atoms with Crippen molar-refractivity contribution in [2.24, 2.45) is 0 Å². The molecule has 250 valence electrons. The molecule has 0 aromatic rings. The lowest BCUT2D eigenvalue weighted by Gasteiger charge is -2.29. The topological polar surface area (TPSA) is 58.2 Å². The number of hydrogen-bond acceptors (Lipinski definition) is 2. The monoisotopic (exact) mass is 597 g/mol. The summed E-state index contributed by atoms with van der Waals surface area (Å²) in [5.41, 5.74) is 0. The molecule has 0 atom stereocenters. The molecule has 0 saturated carbocycles. The number of nitrogens with one attached hydrogen (secondary N) is 2. The lowest BCUT2D eigenvalue weighted by Crippen LogP contribution is -2.48. The van der Waals surface area contributed by atoms with E-state index in [-0.39, 0.29) is 11.8 Å². The van der Waals surface area contributed by atoms with Gasteiger partial charge in [0.1, 0.15) is 0 Å². The molecule has 0 radical (unpaired) electrons. The van der Waals surface area contributed by atoms with Crippen LogP contribution < -0.4 is 10.6 Å². The summed E-state index contributed by atoms with van der Waals surface area (Å²) in [4.78, 5) is 24.8. The average molecular weight is 597 g/mol. The van der Waals surface area contributed by atoms with Crippen LogP contribution in [0.15, 0.2) is 0 Å². The van der Waals surface area contributed by atoms with Gasteiger partial charge in [-0.05, 0) is 38.5 Å². The van der Waals surface area contributed by atoms with Crippen molar-refractivity contribution in [1.82, 2.24) is 10.6 Å². The van der Waals surface area contributed by atoms with Gasteiger partial charge in [0.05, 0.1) is 41.3 Å². The van der Waals surface area contributed by atoms with Crippen LogP contribution in [0.4, 0.5) is 0 Å². The van der Waals surface area contributed by atoms with Crippen molar-refractivity contribution in [3.8, 4) is 0 Å². The van der Waals surface area contributed by atoms with Crippen molar-refractivity contribution in [1.29, 1.82) is 0 Å². The third-order valence-electron chi connectivity index (χ3n) is 8.63. The minimum Gasteiger partial charge on any atom is -0.351 e. The number of quaternary nitrogens is 2. The summed E-state index contributed by atoms with van der Waals surface area (Å²) in [6.45, 7) is 9.45. The Bertz CT molecular complexity index is 582. The Morgan fingerprint density at radius 2 is 0.667 bits per heavy atom. The molecule has 0 fully saturated rings. The Balaban J connectivity index is 3.70. The number of carbonyl (C=O) groups excluding carboxylic acids is 2. The maximum atomic E-state index is 12.4. The predicted octanol–water partition coefficient (Wildman–Crippen LogP) is 7.99. The standard InChI is InChI=1S/C36H74N4O2/c1-7-9-11-13-15-17-21-25-29-37-35(41)33-39(3,4)31-27-23-19-20-24-28-32-40(5,6)34-36(42)38-30-26-22-18-16-14-12-10-8-2/h7-34H2,1-6H3/p+2. The van der Waals surface area contributed by atoms with E-state index < -0.39 is 0 Å². The number of rotatable bonds is 31. The molecular weight excluding hydrogens is 520 g/mol. The molecule has 0 saturated heterocycles. The Labute approximate surface area is 263 Å². The first kappa shape index (κ1) is 40.9. The minimum atomic E-state index is 0.200. The van der Waals surface area contributed by atoms with Gasteiger partial charge in [0.25, 0.3) is 11.8 Å². The fourth-order valence-electron chi connectivity index (χ4n) is 5.81. The van der Waals surface area contributed by atoms with Gasteiger partial charge in [0.15, 0.2) is 13.1 Å². The third kappa shape index (κ3) is 29.0. The van der Waals surface area contributed by atoms with Gasteiger partial charge in [-0.2, -0.15) is 0 Å². The highest BCUT2D eigenvalue weighted by Crippen LogP contribution is 2.11. The second-order valence-corrected chi connectivity index (χ2v) is 14.4. The Hall–Kier alpha value is -1.14. The van der Waals surface area contributed by atoms with E-state index in [9.17, 15) is 9.59 Å². The highest BCUT2D eigenvalue weighted by molar-refractivity contribution is 5.77. The van der Waals surface area contributed by atoms with Crippen LogP contribution in [0.3, 0.4) is 0 Å². The van der Waals surface area contributed by atoms with E-state index in [2.05, 4.69) is 52.7 Å². The molecule has 0 spiro atoms. The number of unbranched alkanes of at least 4 members (excludes halogenated alkanes) is 19. The van der Waals surface area contributed by atoms with Crippen LogP contribution in [0.1, 0.15) is 155 Å². The first-order chi connectivity index (χ1) is 20.1. The number of likely N-dealkylation sites (N-methyl/N-ethyl adjacent to an activating group) is 2. The van der Waals surface area contributed by atoms with E-state index in [1.807, 2.05) is 0 Å². The van der Waals surface area contributed by atoms with Crippen LogP contribution in [-0.4, -0.2) is 88.2 Å². The second kappa shape index (κ2) is 27.4. The van der Waals surface area contributed by atoms with Crippen LogP contribution in [0.25, 0.3) is 0 Å². The van der Waals surface area contributed by atoms with E-state index >= 15 is 0 Å². The highest BCUT2D eigenvalue weighted by Gasteiger charge is 2.20. The summed E-state index contributed by atoms with van der Waals surface area (Å²) in [5.74, 6) is 0.399. The lowest BCUT2D eigenvalue weighted by molar-refractivity contribution is -0.882. The number of nitrogens with zero attached hydrogens (tertiary/aromatic N) is 2. The maximum Gasteiger partial charge on any atom is 0.275 e. The Morgan fingerprint density at radius 1 is 0.405 bits per heavy atom.